The summed E-state index contributed by atoms with van der Waals surface area (Å²) in [4.78, 5) is 4.31. The van der Waals surface area contributed by atoms with Crippen molar-refractivity contribution in [2.75, 3.05) is 0 Å². The van der Waals surface area contributed by atoms with Crippen molar-refractivity contribution < 1.29 is 17.7 Å². The third-order valence-electron chi connectivity index (χ3n) is 4.74. The summed E-state index contributed by atoms with van der Waals surface area (Å²) in [5, 5.41) is 7.66. The Labute approximate surface area is 149 Å². The van der Waals surface area contributed by atoms with Gasteiger partial charge in [-0.05, 0) is 42.0 Å². The van der Waals surface area contributed by atoms with Crippen molar-refractivity contribution in [3.05, 3.63) is 58.6 Å². The Bertz CT molecular complexity index is 1150. The van der Waals surface area contributed by atoms with Crippen LogP contribution in [0.15, 0.2) is 41.2 Å². The van der Waals surface area contributed by atoms with Crippen LogP contribution in [0.1, 0.15) is 35.1 Å². The Balaban J connectivity index is 1.55. The molecule has 0 bridgehead atoms. The number of hydrogen-bond acceptors (Lipinski definition) is 4. The van der Waals surface area contributed by atoms with Crippen LogP contribution in [0.2, 0.25) is 5.15 Å². The van der Waals surface area contributed by atoms with Crippen LogP contribution in [0.3, 0.4) is 0 Å². The number of imidazole rings is 1. The molecule has 3 aromatic heterocycles. The van der Waals surface area contributed by atoms with E-state index in [1.165, 1.54) is 12.1 Å². The van der Waals surface area contributed by atoms with Crippen LogP contribution in [0.4, 0.5) is 13.2 Å². The molecule has 3 heterocycles. The lowest BCUT2D eigenvalue weighted by Crippen LogP contribution is -2.05. The predicted molar refractivity (Wildman–Crippen MR) is 87.1 cm³/mol. The van der Waals surface area contributed by atoms with E-state index in [-0.39, 0.29) is 22.8 Å². The van der Waals surface area contributed by atoms with E-state index < -0.39 is 11.9 Å². The zero-order valence-corrected chi connectivity index (χ0v) is 13.8. The van der Waals surface area contributed by atoms with Crippen LogP contribution in [0, 0.1) is 0 Å². The molecule has 0 saturated heterocycles. The highest BCUT2D eigenvalue weighted by molar-refractivity contribution is 6.29. The molecular formula is C17H10ClF3N4O. The molecule has 132 valence electrons. The average Bonchev–Trinajstić information content (AvgIpc) is 3.02. The Morgan fingerprint density at radius 1 is 1.19 bits per heavy atom. The third kappa shape index (κ3) is 2.36. The number of rotatable bonds is 2. The van der Waals surface area contributed by atoms with Crippen molar-refractivity contribution in [3.8, 4) is 0 Å². The van der Waals surface area contributed by atoms with E-state index in [9.17, 15) is 13.2 Å². The first-order chi connectivity index (χ1) is 12.4. The summed E-state index contributed by atoms with van der Waals surface area (Å²) in [6.07, 6.45) is -0.395. The molecule has 4 aromatic rings. The van der Waals surface area contributed by atoms with Gasteiger partial charge in [0.1, 0.15) is 5.15 Å². The Morgan fingerprint density at radius 3 is 2.85 bits per heavy atom. The van der Waals surface area contributed by atoms with Crippen LogP contribution in [-0.4, -0.2) is 19.8 Å². The van der Waals surface area contributed by atoms with Crippen LogP contribution >= 0.6 is 11.6 Å². The fourth-order valence-corrected chi connectivity index (χ4v) is 3.68. The van der Waals surface area contributed by atoms with Crippen molar-refractivity contribution in [1.82, 2.24) is 19.8 Å². The van der Waals surface area contributed by atoms with Crippen molar-refractivity contribution >= 4 is 28.2 Å². The maximum atomic E-state index is 13.1. The van der Waals surface area contributed by atoms with Crippen molar-refractivity contribution in [1.29, 1.82) is 0 Å². The van der Waals surface area contributed by atoms with Gasteiger partial charge in [0.05, 0.1) is 5.39 Å². The molecule has 1 aromatic carbocycles. The summed E-state index contributed by atoms with van der Waals surface area (Å²) in [6, 6.07) is 6.61. The van der Waals surface area contributed by atoms with Gasteiger partial charge in [-0.15, -0.1) is 0 Å². The highest BCUT2D eigenvalue weighted by atomic mass is 35.5. The maximum Gasteiger partial charge on any atom is 0.437 e. The molecule has 2 atom stereocenters. The second-order valence-corrected chi connectivity index (χ2v) is 6.74. The number of nitrogens with zero attached hydrogens (tertiary/aromatic N) is 4. The van der Waals surface area contributed by atoms with Gasteiger partial charge in [-0.1, -0.05) is 22.8 Å². The molecule has 0 radical (unpaired) electrons. The van der Waals surface area contributed by atoms with Gasteiger partial charge < -0.3 is 4.52 Å². The molecule has 1 saturated carbocycles. The van der Waals surface area contributed by atoms with Gasteiger partial charge in [0.2, 0.25) is 0 Å². The number of alkyl halides is 3. The van der Waals surface area contributed by atoms with E-state index in [2.05, 4.69) is 15.2 Å². The summed E-state index contributed by atoms with van der Waals surface area (Å²) in [5.41, 5.74) is 1.61. The summed E-state index contributed by atoms with van der Waals surface area (Å²) in [6.45, 7) is 0. The number of fused-ring (bicyclic) bond motifs is 2. The number of aromatic nitrogens is 4. The molecule has 0 unspecified atom stereocenters. The summed E-state index contributed by atoms with van der Waals surface area (Å²) in [5.74, 6) is 0.224. The first-order valence-corrected chi connectivity index (χ1v) is 8.26. The van der Waals surface area contributed by atoms with Gasteiger partial charge in [-0.25, -0.2) is 9.50 Å². The Morgan fingerprint density at radius 2 is 2.04 bits per heavy atom. The summed E-state index contributed by atoms with van der Waals surface area (Å²) in [7, 11) is 0. The van der Waals surface area contributed by atoms with Gasteiger partial charge in [-0.2, -0.15) is 18.3 Å². The molecule has 0 aliphatic heterocycles. The van der Waals surface area contributed by atoms with Gasteiger partial charge in [0, 0.05) is 18.0 Å². The normalized spacial score (nSPS) is 20.2. The zero-order chi connectivity index (χ0) is 18.1. The fraction of sp³-hybridized carbons (Fsp3) is 0.235. The Hall–Kier alpha value is -2.61. The van der Waals surface area contributed by atoms with E-state index >= 15 is 0 Å². The third-order valence-corrected chi connectivity index (χ3v) is 4.92. The molecule has 0 spiro atoms. The molecule has 1 aliphatic carbocycles. The average molecular weight is 379 g/mol. The highest BCUT2D eigenvalue weighted by Gasteiger charge is 2.42. The molecule has 9 heteroatoms. The molecule has 26 heavy (non-hydrogen) atoms. The highest BCUT2D eigenvalue weighted by Crippen LogP contribution is 2.56. The quantitative estimate of drug-likeness (QED) is 0.502. The first kappa shape index (κ1) is 15.6. The van der Waals surface area contributed by atoms with Crippen LogP contribution in [-0.2, 0) is 6.18 Å². The van der Waals surface area contributed by atoms with E-state index in [0.717, 1.165) is 17.5 Å². The monoisotopic (exact) mass is 378 g/mol. The topological polar surface area (TPSA) is 56.2 Å². The molecule has 5 rings (SSSR count). The number of halogens is 4. The molecule has 5 nitrogen and oxygen atoms in total. The number of hydrogen-bond donors (Lipinski definition) is 0. The van der Waals surface area contributed by atoms with Crippen LogP contribution in [0.25, 0.3) is 16.6 Å². The van der Waals surface area contributed by atoms with E-state index in [1.807, 2.05) is 0 Å². The lowest BCUT2D eigenvalue weighted by atomic mass is 10.0. The molecule has 1 aliphatic rings. The largest absolute Gasteiger partial charge is 0.437 e. The SMILES string of the molecule is FC(F)(F)c1noc2ccc([C@@H]3C[C@@H]3c3cc(Cl)nn4ccnc34)cc12. The lowest BCUT2D eigenvalue weighted by molar-refractivity contribution is -0.141. The predicted octanol–water partition coefficient (Wildman–Crippen LogP) is 4.81. The second-order valence-electron chi connectivity index (χ2n) is 6.35. The minimum absolute atomic E-state index is 0.0145. The van der Waals surface area contributed by atoms with Crippen molar-refractivity contribution in [2.24, 2.45) is 0 Å². The van der Waals surface area contributed by atoms with Crippen LogP contribution < -0.4 is 0 Å². The summed E-state index contributed by atoms with van der Waals surface area (Å²) >= 11 is 6.08. The smallest absolute Gasteiger partial charge is 0.356 e. The minimum atomic E-state index is -4.55. The Kier molecular flexibility index (Phi) is 3.13. The zero-order valence-electron chi connectivity index (χ0n) is 13.0. The minimum Gasteiger partial charge on any atom is -0.356 e. The van der Waals surface area contributed by atoms with Crippen molar-refractivity contribution in [2.45, 2.75) is 24.4 Å². The van der Waals surface area contributed by atoms with E-state index in [0.29, 0.717) is 10.8 Å². The molecule has 0 amide bonds. The van der Waals surface area contributed by atoms with E-state index in [4.69, 9.17) is 16.1 Å². The van der Waals surface area contributed by atoms with Gasteiger partial charge >= 0.3 is 6.18 Å². The first-order valence-electron chi connectivity index (χ1n) is 7.88. The molecule has 0 N–H and O–H groups in total. The van der Waals surface area contributed by atoms with E-state index in [1.54, 1.807) is 29.0 Å². The lowest BCUT2D eigenvalue weighted by Gasteiger charge is -2.05. The molecular weight excluding hydrogens is 369 g/mol. The van der Waals surface area contributed by atoms with Gasteiger partial charge in [0.15, 0.2) is 16.9 Å². The number of benzene rings is 1. The molecule has 1 fully saturated rings. The van der Waals surface area contributed by atoms with Crippen molar-refractivity contribution in [3.63, 3.8) is 0 Å². The summed E-state index contributed by atoms with van der Waals surface area (Å²) < 4.78 is 45.6. The maximum absolute atomic E-state index is 13.1. The standard InChI is InChI=1S/C17H10ClF3N4O/c18-14-7-11(16-22-3-4-25(16)23-14)10-6-9(10)8-1-2-13-12(5-8)15(24-26-13)17(19,20)21/h1-5,7,9-10H,6H2/t9-,10-/m0/s1. The second kappa shape index (κ2) is 5.20. The fourth-order valence-electron chi connectivity index (χ4n) is 3.48. The van der Waals surface area contributed by atoms with Gasteiger partial charge in [-0.3, -0.25) is 0 Å². The van der Waals surface area contributed by atoms with Gasteiger partial charge in [0.25, 0.3) is 0 Å². The van der Waals surface area contributed by atoms with Crippen LogP contribution in [0.5, 0.6) is 0 Å².